The summed E-state index contributed by atoms with van der Waals surface area (Å²) >= 11 is 0. The minimum atomic E-state index is -0.101. The van der Waals surface area contributed by atoms with Crippen LogP contribution in [0.1, 0.15) is 0 Å². The van der Waals surface area contributed by atoms with Crippen LogP contribution in [0.2, 0.25) is 0 Å². The van der Waals surface area contributed by atoms with Gasteiger partial charge in [-0.2, -0.15) is 0 Å². The maximum Gasteiger partial charge on any atom is 0.144 e. The molecule has 0 N–H and O–H groups in total. The van der Waals surface area contributed by atoms with Crippen molar-refractivity contribution in [2.75, 3.05) is 20.4 Å². The molecule has 0 heterocycles. The molecule has 0 rings (SSSR count). The minimum absolute atomic E-state index is 0.101. The summed E-state index contributed by atoms with van der Waals surface area (Å²) in [6.07, 6.45) is 0.715. The van der Waals surface area contributed by atoms with Gasteiger partial charge in [0.15, 0.2) is 0 Å². The number of methoxy groups -OCH3 is 2. The molecule has 52 valence electrons. The molecule has 0 fully saturated rings. The van der Waals surface area contributed by atoms with Crippen LogP contribution in [-0.2, 0) is 9.47 Å². The first-order valence-corrected chi connectivity index (χ1v) is 3.85. The molecule has 2 radical (unpaired) electrons. The second-order valence-electron chi connectivity index (χ2n) is 1.39. The zero-order valence-corrected chi connectivity index (χ0v) is 6.76. The van der Waals surface area contributed by atoms with Crippen molar-refractivity contribution in [3.8, 4) is 0 Å². The van der Waals surface area contributed by atoms with Crippen molar-refractivity contribution in [2.45, 2.75) is 5.91 Å². The molecule has 4 heteroatoms. The molecule has 0 atom stereocenters. The molecule has 0 amide bonds. The fourth-order valence-electron chi connectivity index (χ4n) is 0.402. The van der Waals surface area contributed by atoms with Gasteiger partial charge < -0.3 is 14.5 Å². The maximum absolute atomic E-state index is 4.90. The third-order valence-electron chi connectivity index (χ3n) is 0.798. The lowest BCUT2D eigenvalue weighted by atomic mass is 11.3. The van der Waals surface area contributed by atoms with E-state index in [-0.39, 0.29) is 5.91 Å². The number of rotatable bonds is 5. The summed E-state index contributed by atoms with van der Waals surface area (Å²) < 4.78 is 9.81. The van der Waals surface area contributed by atoms with Gasteiger partial charge in [0, 0.05) is 20.4 Å². The van der Waals surface area contributed by atoms with Gasteiger partial charge in [0.25, 0.3) is 0 Å². The Hall–Kier alpha value is -0.193. The van der Waals surface area contributed by atoms with Gasteiger partial charge in [0.2, 0.25) is 0 Å². The van der Waals surface area contributed by atoms with Crippen LogP contribution in [0.3, 0.4) is 0 Å². The summed E-state index contributed by atoms with van der Waals surface area (Å²) in [5.41, 5.74) is 0. The van der Waals surface area contributed by atoms with Gasteiger partial charge in [0.05, 0.1) is 0 Å². The topological polar surface area (TPSA) is 30.8 Å². The third-order valence-corrected chi connectivity index (χ3v) is 2.01. The van der Waals surface area contributed by atoms with Gasteiger partial charge in [0.1, 0.15) is 15.4 Å². The van der Waals surface area contributed by atoms with Crippen molar-refractivity contribution in [3.05, 3.63) is 0 Å². The maximum atomic E-state index is 4.90. The molecule has 0 aromatic rings. The van der Waals surface area contributed by atoms with Crippen molar-refractivity contribution < 1.29 is 9.47 Å². The Labute approximate surface area is 57.9 Å². The average molecular weight is 145 g/mol. The quantitative estimate of drug-likeness (QED) is 0.308. The Morgan fingerprint density at radius 2 is 2.11 bits per heavy atom. The van der Waals surface area contributed by atoms with E-state index in [9.17, 15) is 0 Å². The smallest absolute Gasteiger partial charge is 0.144 e. The molecule has 0 saturated carbocycles. The predicted molar refractivity (Wildman–Crippen MR) is 38.0 cm³/mol. The van der Waals surface area contributed by atoms with Crippen LogP contribution >= 0.6 is 0 Å². The number of nitrogens with zero attached hydrogens (tertiary/aromatic N) is 1. The third kappa shape index (κ3) is 4.32. The average Bonchev–Trinajstić information content (AvgIpc) is 1.91. The van der Waals surface area contributed by atoms with Gasteiger partial charge in [-0.3, -0.25) is 0 Å². The van der Waals surface area contributed by atoms with Gasteiger partial charge in [-0.15, -0.1) is 0 Å². The number of aliphatic imine (C=N–C) groups is 1. The fraction of sp³-hybridized carbons (Fsp3) is 0.800. The normalized spacial score (nSPS) is 10.1. The molecule has 0 aromatic carbocycles. The summed E-state index contributed by atoms with van der Waals surface area (Å²) in [6, 6.07) is 0. The van der Waals surface area contributed by atoms with Crippen LogP contribution in [0, 0.1) is 0 Å². The van der Waals surface area contributed by atoms with Crippen LogP contribution < -0.4 is 0 Å². The molecule has 0 saturated heterocycles. The predicted octanol–water partition coefficient (Wildman–Crippen LogP) is -0.0749. The monoisotopic (exact) mass is 145 g/mol. The number of ether oxygens (including phenoxy) is 2. The summed E-state index contributed by atoms with van der Waals surface area (Å²) in [4.78, 5) is 3.67. The fourth-order valence-corrected chi connectivity index (χ4v) is 1.01. The van der Waals surface area contributed by atoms with Crippen molar-refractivity contribution in [1.29, 1.82) is 0 Å². The molecule has 0 bridgehead atoms. The van der Waals surface area contributed by atoms with E-state index >= 15 is 0 Å². The van der Waals surface area contributed by atoms with E-state index in [0.29, 0.717) is 15.7 Å². The second kappa shape index (κ2) is 5.93. The van der Waals surface area contributed by atoms with Crippen LogP contribution in [0.25, 0.3) is 0 Å². The Morgan fingerprint density at radius 3 is 2.44 bits per heavy atom. The van der Waals surface area contributed by atoms with Crippen molar-refractivity contribution in [3.63, 3.8) is 0 Å². The Balaban J connectivity index is 3.19. The van der Waals surface area contributed by atoms with Crippen molar-refractivity contribution >= 4 is 16.2 Å². The van der Waals surface area contributed by atoms with E-state index in [1.165, 1.54) is 0 Å². The molecule has 0 aliphatic rings. The highest BCUT2D eigenvalue weighted by molar-refractivity contribution is 6.36. The van der Waals surface area contributed by atoms with Crippen LogP contribution in [-0.4, -0.2) is 42.5 Å². The van der Waals surface area contributed by atoms with Gasteiger partial charge in [-0.25, -0.2) is 0 Å². The van der Waals surface area contributed by atoms with E-state index in [4.69, 9.17) is 9.47 Å². The highest BCUT2D eigenvalue weighted by Gasteiger charge is 2.03. The molecule has 0 aromatic heterocycles. The van der Waals surface area contributed by atoms with Gasteiger partial charge in [-0.05, 0) is 6.72 Å². The van der Waals surface area contributed by atoms with E-state index in [2.05, 4.69) is 11.7 Å². The Kier molecular flexibility index (Phi) is 5.81. The molecular weight excluding hydrogens is 134 g/mol. The lowest BCUT2D eigenvalue weighted by molar-refractivity contribution is -0.0439. The Morgan fingerprint density at radius 1 is 1.56 bits per heavy atom. The Bertz CT molecular complexity index is 75.4. The standard InChI is InChI=1S/C5H11NO2Si/c1-6-4-9-5(7-2)8-3/h5H,1,4H2,2-3H3. The number of hydrogen-bond donors (Lipinski definition) is 0. The molecule has 0 aliphatic heterocycles. The summed E-state index contributed by atoms with van der Waals surface area (Å²) in [5.74, 6) is -0.101. The molecule has 3 nitrogen and oxygen atoms in total. The van der Waals surface area contributed by atoms with E-state index in [1.54, 1.807) is 14.2 Å². The zero-order valence-electron chi connectivity index (χ0n) is 5.76. The molecule has 0 aliphatic carbocycles. The minimum Gasteiger partial charge on any atom is -0.360 e. The lowest BCUT2D eigenvalue weighted by Crippen LogP contribution is -2.23. The molecule has 0 spiro atoms. The zero-order chi connectivity index (χ0) is 7.11. The largest absolute Gasteiger partial charge is 0.360 e. The van der Waals surface area contributed by atoms with Crippen molar-refractivity contribution in [1.82, 2.24) is 0 Å². The SMILES string of the molecule is C=NC[Si]C(OC)OC. The van der Waals surface area contributed by atoms with Crippen LogP contribution in [0.4, 0.5) is 0 Å². The van der Waals surface area contributed by atoms with E-state index in [0.717, 1.165) is 0 Å². The van der Waals surface area contributed by atoms with Gasteiger partial charge >= 0.3 is 0 Å². The summed E-state index contributed by atoms with van der Waals surface area (Å²) in [6.45, 7) is 3.35. The molecular formula is C5H11NO2Si. The van der Waals surface area contributed by atoms with E-state index in [1.807, 2.05) is 0 Å². The van der Waals surface area contributed by atoms with Crippen LogP contribution in [0.5, 0.6) is 0 Å². The first-order valence-electron chi connectivity index (χ1n) is 2.56. The van der Waals surface area contributed by atoms with Crippen molar-refractivity contribution in [2.24, 2.45) is 4.99 Å². The summed E-state index contributed by atoms with van der Waals surface area (Å²) in [5, 5.41) is 0. The van der Waals surface area contributed by atoms with Gasteiger partial charge in [-0.1, -0.05) is 0 Å². The first-order chi connectivity index (χ1) is 4.35. The summed E-state index contributed by atoms with van der Waals surface area (Å²) in [7, 11) is 3.78. The number of hydrogen-bond acceptors (Lipinski definition) is 3. The molecule has 0 unspecified atom stereocenters. The highest BCUT2D eigenvalue weighted by atomic mass is 28.2. The second-order valence-corrected chi connectivity index (χ2v) is 2.59. The first kappa shape index (κ1) is 8.81. The lowest BCUT2D eigenvalue weighted by Gasteiger charge is -2.09. The highest BCUT2D eigenvalue weighted by Crippen LogP contribution is 1.86. The van der Waals surface area contributed by atoms with Crippen LogP contribution in [0.15, 0.2) is 4.99 Å². The molecule has 9 heavy (non-hydrogen) atoms. The van der Waals surface area contributed by atoms with E-state index < -0.39 is 0 Å².